The summed E-state index contributed by atoms with van der Waals surface area (Å²) >= 11 is 0. The van der Waals surface area contributed by atoms with Gasteiger partial charge in [-0.25, -0.2) is 0 Å². The van der Waals surface area contributed by atoms with Crippen LogP contribution in [-0.4, -0.2) is 56.1 Å². The summed E-state index contributed by atoms with van der Waals surface area (Å²) in [5.41, 5.74) is 6.80. The molecule has 1 aromatic carbocycles. The van der Waals surface area contributed by atoms with Gasteiger partial charge in [-0.15, -0.1) is 0 Å². The van der Waals surface area contributed by atoms with Crippen LogP contribution < -0.4 is 10.6 Å². The normalized spacial score (nSPS) is 18.0. The largest absolute Gasteiger partial charge is 0.378 e. The van der Waals surface area contributed by atoms with Gasteiger partial charge in [-0.3, -0.25) is 9.59 Å². The number of hydrogen-bond acceptors (Lipinski definition) is 4. The Morgan fingerprint density at radius 3 is 2.54 bits per heavy atom. The molecule has 1 saturated carbocycles. The second kappa shape index (κ2) is 8.64. The number of benzene rings is 1. The van der Waals surface area contributed by atoms with Crippen LogP contribution in [0.2, 0.25) is 0 Å². The minimum atomic E-state index is -0.00328. The topological polar surface area (TPSA) is 75.9 Å². The number of rotatable bonds is 7. The number of likely N-dealkylation sites (tertiary alicyclic amines) is 1. The highest BCUT2D eigenvalue weighted by Crippen LogP contribution is 2.33. The van der Waals surface area contributed by atoms with Crippen molar-refractivity contribution in [3.05, 3.63) is 29.8 Å². The number of para-hydroxylation sites is 1. The van der Waals surface area contributed by atoms with E-state index in [0.29, 0.717) is 37.5 Å². The molecule has 1 aliphatic carbocycles. The van der Waals surface area contributed by atoms with E-state index in [1.54, 1.807) is 11.9 Å². The third-order valence-corrected chi connectivity index (χ3v) is 5.18. The minimum Gasteiger partial charge on any atom is -0.378 e. The highest BCUT2D eigenvalue weighted by Gasteiger charge is 2.34. The van der Waals surface area contributed by atoms with E-state index < -0.39 is 0 Å². The summed E-state index contributed by atoms with van der Waals surface area (Å²) in [4.78, 5) is 28.9. The Labute approximate surface area is 155 Å². The number of carbonyl (C=O) groups is 2. The lowest BCUT2D eigenvalue weighted by atomic mass is 10.0. The second-order valence-electron chi connectivity index (χ2n) is 7.19. The van der Waals surface area contributed by atoms with Gasteiger partial charge in [0.1, 0.15) is 0 Å². The molecule has 0 bridgehead atoms. The molecule has 142 valence electrons. The number of piperidine rings is 1. The Kier molecular flexibility index (Phi) is 6.27. The van der Waals surface area contributed by atoms with Gasteiger partial charge >= 0.3 is 0 Å². The molecule has 3 rings (SSSR count). The van der Waals surface area contributed by atoms with E-state index in [0.717, 1.165) is 32.1 Å². The van der Waals surface area contributed by atoms with Crippen molar-refractivity contribution in [1.82, 2.24) is 4.90 Å². The van der Waals surface area contributed by atoms with Crippen molar-refractivity contribution >= 4 is 17.5 Å². The molecule has 1 aliphatic heterocycles. The van der Waals surface area contributed by atoms with E-state index >= 15 is 0 Å². The Hall–Kier alpha value is -1.92. The number of nitrogens with zero attached hydrogens (tertiary/aromatic N) is 2. The van der Waals surface area contributed by atoms with Gasteiger partial charge in [0.15, 0.2) is 0 Å². The maximum absolute atomic E-state index is 13.0. The maximum Gasteiger partial charge on any atom is 0.255 e. The molecule has 0 atom stereocenters. The molecule has 1 heterocycles. The third kappa shape index (κ3) is 4.43. The molecule has 6 heteroatoms. The van der Waals surface area contributed by atoms with Gasteiger partial charge in [0.05, 0.1) is 17.4 Å². The predicted molar refractivity (Wildman–Crippen MR) is 101 cm³/mol. The first kappa shape index (κ1) is 18.9. The zero-order valence-electron chi connectivity index (χ0n) is 15.5. The molecule has 2 aliphatic rings. The molecular formula is C20H29N3O3. The van der Waals surface area contributed by atoms with Crippen LogP contribution in [-0.2, 0) is 9.53 Å². The van der Waals surface area contributed by atoms with E-state index in [-0.39, 0.29) is 23.8 Å². The average molecular weight is 359 g/mol. The fourth-order valence-electron chi connectivity index (χ4n) is 3.40. The lowest BCUT2D eigenvalue weighted by molar-refractivity contribution is -0.119. The highest BCUT2D eigenvalue weighted by molar-refractivity contribution is 6.05. The monoisotopic (exact) mass is 359 g/mol. The molecule has 0 spiro atoms. The van der Waals surface area contributed by atoms with E-state index in [4.69, 9.17) is 10.5 Å². The Morgan fingerprint density at radius 1 is 1.19 bits per heavy atom. The van der Waals surface area contributed by atoms with Crippen molar-refractivity contribution < 1.29 is 14.3 Å². The van der Waals surface area contributed by atoms with Crippen LogP contribution in [0.4, 0.5) is 5.69 Å². The van der Waals surface area contributed by atoms with Crippen LogP contribution in [0.1, 0.15) is 42.5 Å². The number of amides is 2. The first-order valence-electron chi connectivity index (χ1n) is 9.59. The molecule has 2 fully saturated rings. The minimum absolute atomic E-state index is 0.00328. The SMILES string of the molecule is CN(C(=O)C1CC1)c1ccccc1C(=O)N1CCC(OCCCN)CC1. The Bertz CT molecular complexity index is 637. The summed E-state index contributed by atoms with van der Waals surface area (Å²) < 4.78 is 5.81. The van der Waals surface area contributed by atoms with Crippen LogP contribution in [0.3, 0.4) is 0 Å². The molecular weight excluding hydrogens is 330 g/mol. The highest BCUT2D eigenvalue weighted by atomic mass is 16.5. The summed E-state index contributed by atoms with van der Waals surface area (Å²) in [6.07, 6.45) is 4.67. The molecule has 2 N–H and O–H groups in total. The third-order valence-electron chi connectivity index (χ3n) is 5.18. The smallest absolute Gasteiger partial charge is 0.255 e. The van der Waals surface area contributed by atoms with E-state index in [1.165, 1.54) is 0 Å². The number of ether oxygens (including phenoxy) is 1. The summed E-state index contributed by atoms with van der Waals surface area (Å²) in [5, 5.41) is 0. The van der Waals surface area contributed by atoms with Crippen LogP contribution in [0, 0.1) is 5.92 Å². The fraction of sp³-hybridized carbons (Fsp3) is 0.600. The van der Waals surface area contributed by atoms with E-state index in [2.05, 4.69) is 0 Å². The molecule has 6 nitrogen and oxygen atoms in total. The summed E-state index contributed by atoms with van der Waals surface area (Å²) in [6.45, 7) is 2.69. The molecule has 0 aromatic heterocycles. The van der Waals surface area contributed by atoms with Gasteiger partial charge in [-0.05, 0) is 50.8 Å². The molecule has 1 saturated heterocycles. The number of carbonyl (C=O) groups excluding carboxylic acids is 2. The predicted octanol–water partition coefficient (Wildman–Crippen LogP) is 2.03. The first-order valence-corrected chi connectivity index (χ1v) is 9.59. The second-order valence-corrected chi connectivity index (χ2v) is 7.19. The van der Waals surface area contributed by atoms with Crippen molar-refractivity contribution in [2.45, 2.75) is 38.2 Å². The average Bonchev–Trinajstić information content (AvgIpc) is 3.52. The number of hydrogen-bond donors (Lipinski definition) is 1. The van der Waals surface area contributed by atoms with Crippen LogP contribution >= 0.6 is 0 Å². The van der Waals surface area contributed by atoms with Gasteiger partial charge < -0.3 is 20.3 Å². The first-order chi connectivity index (χ1) is 12.6. The zero-order valence-corrected chi connectivity index (χ0v) is 15.5. The van der Waals surface area contributed by atoms with Crippen LogP contribution in [0.15, 0.2) is 24.3 Å². The van der Waals surface area contributed by atoms with Gasteiger partial charge in [0, 0.05) is 32.7 Å². The van der Waals surface area contributed by atoms with Crippen molar-refractivity contribution in [3.63, 3.8) is 0 Å². The molecule has 26 heavy (non-hydrogen) atoms. The Morgan fingerprint density at radius 2 is 1.88 bits per heavy atom. The van der Waals surface area contributed by atoms with Crippen molar-refractivity contribution in [2.24, 2.45) is 11.7 Å². The van der Waals surface area contributed by atoms with Gasteiger partial charge in [-0.1, -0.05) is 12.1 Å². The summed E-state index contributed by atoms with van der Waals surface area (Å²) in [6, 6.07) is 7.41. The summed E-state index contributed by atoms with van der Waals surface area (Å²) in [7, 11) is 1.77. The van der Waals surface area contributed by atoms with Crippen LogP contribution in [0.25, 0.3) is 0 Å². The van der Waals surface area contributed by atoms with Crippen molar-refractivity contribution in [2.75, 3.05) is 38.2 Å². The summed E-state index contributed by atoms with van der Waals surface area (Å²) in [5.74, 6) is 0.235. The van der Waals surface area contributed by atoms with E-state index in [1.807, 2.05) is 29.2 Å². The zero-order chi connectivity index (χ0) is 18.5. The van der Waals surface area contributed by atoms with Gasteiger partial charge in [0.25, 0.3) is 5.91 Å². The molecule has 0 unspecified atom stereocenters. The van der Waals surface area contributed by atoms with Crippen molar-refractivity contribution in [3.8, 4) is 0 Å². The quantitative estimate of drug-likeness (QED) is 0.756. The Balaban J connectivity index is 1.62. The standard InChI is InChI=1S/C20H29N3O3/c1-22(19(24)15-7-8-15)18-6-3-2-5-17(18)20(25)23-12-9-16(10-13-23)26-14-4-11-21/h2-3,5-6,15-16H,4,7-14,21H2,1H3. The van der Waals surface area contributed by atoms with Crippen molar-refractivity contribution in [1.29, 1.82) is 0 Å². The van der Waals surface area contributed by atoms with Gasteiger partial charge in [0.2, 0.25) is 5.91 Å². The van der Waals surface area contributed by atoms with E-state index in [9.17, 15) is 9.59 Å². The maximum atomic E-state index is 13.0. The lowest BCUT2D eigenvalue weighted by Gasteiger charge is -2.33. The number of nitrogens with two attached hydrogens (primary N) is 1. The number of anilines is 1. The fourth-order valence-corrected chi connectivity index (χ4v) is 3.40. The van der Waals surface area contributed by atoms with Gasteiger partial charge in [-0.2, -0.15) is 0 Å². The van der Waals surface area contributed by atoms with Crippen LogP contribution in [0.5, 0.6) is 0 Å². The molecule has 0 radical (unpaired) electrons. The molecule has 1 aromatic rings. The molecule has 2 amide bonds. The lowest BCUT2D eigenvalue weighted by Crippen LogP contribution is -2.41.